The Morgan fingerprint density at radius 2 is 2.05 bits per heavy atom. The lowest BCUT2D eigenvalue weighted by Gasteiger charge is -2.06. The van der Waals surface area contributed by atoms with Gasteiger partial charge in [0.15, 0.2) is 5.69 Å². The van der Waals surface area contributed by atoms with Crippen molar-refractivity contribution in [3.63, 3.8) is 0 Å². The molecule has 1 N–H and O–H groups in total. The summed E-state index contributed by atoms with van der Waals surface area (Å²) in [6.07, 6.45) is 2.64. The summed E-state index contributed by atoms with van der Waals surface area (Å²) in [5, 5.41) is 12.9. The molecule has 1 aliphatic carbocycles. The van der Waals surface area contributed by atoms with Gasteiger partial charge in [0.1, 0.15) is 5.75 Å². The summed E-state index contributed by atoms with van der Waals surface area (Å²) in [4.78, 5) is 10.9. The predicted molar refractivity (Wildman–Crippen MR) is 69.3 cm³/mol. The van der Waals surface area contributed by atoms with E-state index in [0.29, 0.717) is 6.10 Å². The van der Waals surface area contributed by atoms with Crippen molar-refractivity contribution in [2.45, 2.75) is 18.9 Å². The minimum atomic E-state index is -1.02. The fourth-order valence-corrected chi connectivity index (χ4v) is 1.92. The van der Waals surface area contributed by atoms with Crippen LogP contribution in [-0.4, -0.2) is 27.0 Å². The standard InChI is InChI=1S/C14H14N2O3/c1-16-13(8-12(15-16)14(17)18)9-2-4-10(5-3-9)19-11-6-7-11/h2-5,8,11H,6-7H2,1H3,(H,17,18). The van der Waals surface area contributed by atoms with Crippen LogP contribution in [0.4, 0.5) is 0 Å². The zero-order valence-corrected chi connectivity index (χ0v) is 10.5. The van der Waals surface area contributed by atoms with Crippen LogP contribution in [0.1, 0.15) is 23.3 Å². The Hall–Kier alpha value is -2.30. The second kappa shape index (κ2) is 4.42. The van der Waals surface area contributed by atoms with Crippen LogP contribution in [0.5, 0.6) is 5.75 Å². The highest BCUT2D eigenvalue weighted by Gasteiger charge is 2.23. The maximum atomic E-state index is 10.9. The van der Waals surface area contributed by atoms with Crippen LogP contribution in [0.2, 0.25) is 0 Å². The van der Waals surface area contributed by atoms with Crippen molar-refractivity contribution >= 4 is 5.97 Å². The predicted octanol–water partition coefficient (Wildman–Crippen LogP) is 2.33. The van der Waals surface area contributed by atoms with Crippen molar-refractivity contribution in [1.82, 2.24) is 9.78 Å². The normalized spacial score (nSPS) is 14.4. The van der Waals surface area contributed by atoms with E-state index in [9.17, 15) is 4.79 Å². The van der Waals surface area contributed by atoms with Crippen molar-refractivity contribution in [3.05, 3.63) is 36.0 Å². The number of aromatic carboxylic acids is 1. The summed E-state index contributed by atoms with van der Waals surface area (Å²) in [6, 6.07) is 9.21. The molecule has 0 bridgehead atoms. The van der Waals surface area contributed by atoms with E-state index in [2.05, 4.69) is 5.10 Å². The number of carbonyl (C=O) groups is 1. The summed E-state index contributed by atoms with van der Waals surface area (Å²) in [5.41, 5.74) is 1.75. The number of nitrogens with zero attached hydrogens (tertiary/aromatic N) is 2. The molecule has 19 heavy (non-hydrogen) atoms. The number of carboxylic acids is 1. The summed E-state index contributed by atoms with van der Waals surface area (Å²) < 4.78 is 7.24. The average molecular weight is 258 g/mol. The van der Waals surface area contributed by atoms with Gasteiger partial charge in [-0.15, -0.1) is 0 Å². The summed E-state index contributed by atoms with van der Waals surface area (Å²) in [6.45, 7) is 0. The van der Waals surface area contributed by atoms with Crippen LogP contribution in [0.15, 0.2) is 30.3 Å². The molecule has 0 aliphatic heterocycles. The van der Waals surface area contributed by atoms with Gasteiger partial charge >= 0.3 is 5.97 Å². The third-order valence-corrected chi connectivity index (χ3v) is 3.08. The quantitative estimate of drug-likeness (QED) is 0.914. The first-order valence-corrected chi connectivity index (χ1v) is 6.18. The second-order valence-corrected chi connectivity index (χ2v) is 4.69. The highest BCUT2D eigenvalue weighted by Crippen LogP contribution is 2.28. The topological polar surface area (TPSA) is 64.4 Å². The SMILES string of the molecule is Cn1nc(C(=O)O)cc1-c1ccc(OC2CC2)cc1. The van der Waals surface area contributed by atoms with E-state index in [4.69, 9.17) is 9.84 Å². The number of hydrogen-bond donors (Lipinski definition) is 1. The van der Waals surface area contributed by atoms with Gasteiger partial charge in [0, 0.05) is 12.6 Å². The monoisotopic (exact) mass is 258 g/mol. The lowest BCUT2D eigenvalue weighted by molar-refractivity contribution is 0.0689. The van der Waals surface area contributed by atoms with Crippen LogP contribution in [-0.2, 0) is 7.05 Å². The largest absolute Gasteiger partial charge is 0.490 e. The molecule has 1 saturated carbocycles. The number of aryl methyl sites for hydroxylation is 1. The third-order valence-electron chi connectivity index (χ3n) is 3.08. The zero-order valence-electron chi connectivity index (χ0n) is 10.5. The molecule has 0 amide bonds. The highest BCUT2D eigenvalue weighted by molar-refractivity contribution is 5.87. The molecule has 1 aromatic heterocycles. The average Bonchev–Trinajstić information content (AvgIpc) is 3.11. The first-order valence-electron chi connectivity index (χ1n) is 6.18. The van der Waals surface area contributed by atoms with Crippen LogP contribution >= 0.6 is 0 Å². The van der Waals surface area contributed by atoms with Crippen molar-refractivity contribution < 1.29 is 14.6 Å². The smallest absolute Gasteiger partial charge is 0.356 e. The van der Waals surface area contributed by atoms with Crippen LogP contribution < -0.4 is 4.74 Å². The molecule has 0 atom stereocenters. The Morgan fingerprint density at radius 1 is 1.37 bits per heavy atom. The van der Waals surface area contributed by atoms with E-state index >= 15 is 0 Å². The Balaban J connectivity index is 1.86. The Morgan fingerprint density at radius 3 is 2.58 bits per heavy atom. The molecule has 5 heteroatoms. The number of rotatable bonds is 4. The van der Waals surface area contributed by atoms with Crippen molar-refractivity contribution in [1.29, 1.82) is 0 Å². The van der Waals surface area contributed by atoms with Gasteiger partial charge in [-0.25, -0.2) is 4.79 Å². The zero-order chi connectivity index (χ0) is 13.4. The molecular formula is C14H14N2O3. The van der Waals surface area contributed by atoms with E-state index in [1.165, 1.54) is 0 Å². The maximum Gasteiger partial charge on any atom is 0.356 e. The summed E-state index contributed by atoms with van der Waals surface area (Å²) in [5.74, 6) is -0.164. The van der Waals surface area contributed by atoms with Gasteiger partial charge in [-0.3, -0.25) is 4.68 Å². The maximum absolute atomic E-state index is 10.9. The van der Waals surface area contributed by atoms with Gasteiger partial charge in [0.05, 0.1) is 11.8 Å². The molecule has 1 aromatic carbocycles. The van der Waals surface area contributed by atoms with Gasteiger partial charge in [-0.05, 0) is 43.2 Å². The van der Waals surface area contributed by atoms with Crippen molar-refractivity contribution in [2.24, 2.45) is 7.05 Å². The molecule has 1 heterocycles. The minimum Gasteiger partial charge on any atom is -0.490 e. The van der Waals surface area contributed by atoms with Gasteiger partial charge in [0.25, 0.3) is 0 Å². The molecule has 1 fully saturated rings. The van der Waals surface area contributed by atoms with E-state index < -0.39 is 5.97 Å². The van der Waals surface area contributed by atoms with E-state index in [1.807, 2.05) is 24.3 Å². The molecule has 1 aliphatic rings. The number of ether oxygens (including phenoxy) is 1. The van der Waals surface area contributed by atoms with Crippen LogP contribution in [0.25, 0.3) is 11.3 Å². The summed E-state index contributed by atoms with van der Waals surface area (Å²) >= 11 is 0. The molecule has 0 radical (unpaired) electrons. The molecule has 0 saturated heterocycles. The lowest BCUT2D eigenvalue weighted by Crippen LogP contribution is -1.99. The molecule has 98 valence electrons. The molecule has 0 unspecified atom stereocenters. The Kier molecular flexibility index (Phi) is 2.74. The van der Waals surface area contributed by atoms with E-state index in [-0.39, 0.29) is 5.69 Å². The highest BCUT2D eigenvalue weighted by atomic mass is 16.5. The number of benzene rings is 1. The van der Waals surface area contributed by atoms with Gasteiger partial charge in [-0.1, -0.05) is 0 Å². The molecule has 5 nitrogen and oxygen atoms in total. The van der Waals surface area contributed by atoms with Gasteiger partial charge in [-0.2, -0.15) is 5.10 Å². The first-order chi connectivity index (χ1) is 9.13. The summed E-state index contributed by atoms with van der Waals surface area (Å²) in [7, 11) is 1.73. The first kappa shape index (κ1) is 11.8. The fourth-order valence-electron chi connectivity index (χ4n) is 1.92. The lowest BCUT2D eigenvalue weighted by atomic mass is 10.1. The van der Waals surface area contributed by atoms with Gasteiger partial charge < -0.3 is 9.84 Å². The molecule has 0 spiro atoms. The van der Waals surface area contributed by atoms with Crippen LogP contribution in [0, 0.1) is 0 Å². The fraction of sp³-hybridized carbons (Fsp3) is 0.286. The molecule has 2 aromatic rings. The van der Waals surface area contributed by atoms with Gasteiger partial charge in [0.2, 0.25) is 0 Å². The molecular weight excluding hydrogens is 244 g/mol. The van der Waals surface area contributed by atoms with Crippen molar-refractivity contribution in [3.8, 4) is 17.0 Å². The number of hydrogen-bond acceptors (Lipinski definition) is 3. The second-order valence-electron chi connectivity index (χ2n) is 4.69. The number of carboxylic acid groups (broad SMARTS) is 1. The van der Waals surface area contributed by atoms with E-state index in [1.54, 1.807) is 17.8 Å². The Labute approximate surface area is 110 Å². The molecule has 3 rings (SSSR count). The minimum absolute atomic E-state index is 0.0517. The number of aromatic nitrogens is 2. The van der Waals surface area contributed by atoms with Crippen molar-refractivity contribution in [2.75, 3.05) is 0 Å². The third kappa shape index (κ3) is 2.45. The Bertz CT molecular complexity index is 612. The van der Waals surface area contributed by atoms with E-state index in [0.717, 1.165) is 29.8 Å². The van der Waals surface area contributed by atoms with Crippen LogP contribution in [0.3, 0.4) is 0 Å².